The maximum absolute atomic E-state index is 13.8. The molecule has 22 heavy (non-hydrogen) atoms. The highest BCUT2D eigenvalue weighted by Crippen LogP contribution is 2.41. The molecule has 0 radical (unpaired) electrons. The van der Waals surface area contributed by atoms with Gasteiger partial charge in [0.2, 0.25) is 5.91 Å². The number of hydrogen-bond donors (Lipinski definition) is 1. The SMILES string of the molecule is O=C1CCN([C@@H](c2ccc(F)c3ccccc23)C(F)(F)F)N1. The quantitative estimate of drug-likeness (QED) is 0.863. The number of rotatable bonds is 2. The maximum atomic E-state index is 13.8. The largest absolute Gasteiger partial charge is 0.409 e. The summed E-state index contributed by atoms with van der Waals surface area (Å²) in [6.45, 7) is -0.0469. The minimum Gasteiger partial charge on any atom is -0.288 e. The molecule has 116 valence electrons. The molecular weight excluding hydrogens is 300 g/mol. The van der Waals surface area contributed by atoms with Gasteiger partial charge in [-0.25, -0.2) is 9.40 Å². The Labute approximate surface area is 123 Å². The van der Waals surface area contributed by atoms with E-state index >= 15 is 0 Å². The van der Waals surface area contributed by atoms with Gasteiger partial charge < -0.3 is 0 Å². The van der Waals surface area contributed by atoms with Crippen molar-refractivity contribution in [2.45, 2.75) is 18.6 Å². The van der Waals surface area contributed by atoms with Crippen LogP contribution in [0.1, 0.15) is 18.0 Å². The second-order valence-corrected chi connectivity index (χ2v) is 5.10. The Morgan fingerprint density at radius 2 is 1.77 bits per heavy atom. The number of nitrogens with zero attached hydrogens (tertiary/aromatic N) is 1. The molecule has 1 heterocycles. The molecule has 2 aromatic rings. The van der Waals surface area contributed by atoms with Crippen LogP contribution in [0.15, 0.2) is 36.4 Å². The molecule has 1 amide bonds. The molecule has 2 aromatic carbocycles. The zero-order chi connectivity index (χ0) is 15.9. The molecule has 3 nitrogen and oxygen atoms in total. The number of hydrogen-bond acceptors (Lipinski definition) is 2. The van der Waals surface area contributed by atoms with Gasteiger partial charge in [0, 0.05) is 18.4 Å². The molecule has 1 aliphatic heterocycles. The average molecular weight is 312 g/mol. The lowest BCUT2D eigenvalue weighted by molar-refractivity contribution is -0.190. The van der Waals surface area contributed by atoms with Crippen LogP contribution in [0.25, 0.3) is 10.8 Å². The van der Waals surface area contributed by atoms with Crippen molar-refractivity contribution in [1.82, 2.24) is 10.4 Å². The number of alkyl halides is 3. The summed E-state index contributed by atoms with van der Waals surface area (Å²) in [6, 6.07) is 6.14. The van der Waals surface area contributed by atoms with Crippen LogP contribution < -0.4 is 5.43 Å². The lowest BCUT2D eigenvalue weighted by Crippen LogP contribution is -2.43. The Hall–Kier alpha value is -2.15. The van der Waals surface area contributed by atoms with Crippen LogP contribution in [-0.2, 0) is 4.79 Å². The molecule has 0 spiro atoms. The number of hydrazine groups is 1. The molecule has 0 aliphatic carbocycles. The maximum Gasteiger partial charge on any atom is 0.409 e. The van der Waals surface area contributed by atoms with Gasteiger partial charge in [-0.15, -0.1) is 0 Å². The van der Waals surface area contributed by atoms with Gasteiger partial charge in [0.25, 0.3) is 0 Å². The van der Waals surface area contributed by atoms with Crippen molar-refractivity contribution in [2.24, 2.45) is 0 Å². The topological polar surface area (TPSA) is 32.3 Å². The van der Waals surface area contributed by atoms with E-state index in [0.717, 1.165) is 17.1 Å². The van der Waals surface area contributed by atoms with Gasteiger partial charge in [0.1, 0.15) is 5.82 Å². The number of carbonyl (C=O) groups is 1. The summed E-state index contributed by atoms with van der Waals surface area (Å²) < 4.78 is 54.4. The first-order valence-electron chi connectivity index (χ1n) is 6.68. The molecule has 1 atom stereocenters. The van der Waals surface area contributed by atoms with Crippen molar-refractivity contribution in [3.05, 3.63) is 47.8 Å². The van der Waals surface area contributed by atoms with Crippen LogP contribution in [0.2, 0.25) is 0 Å². The van der Waals surface area contributed by atoms with Crippen molar-refractivity contribution < 1.29 is 22.4 Å². The normalized spacial score (nSPS) is 17.7. The summed E-state index contributed by atoms with van der Waals surface area (Å²) >= 11 is 0. The van der Waals surface area contributed by atoms with E-state index in [2.05, 4.69) is 5.43 Å². The molecule has 7 heteroatoms. The minimum atomic E-state index is -4.60. The van der Waals surface area contributed by atoms with Gasteiger partial charge in [0.05, 0.1) is 0 Å². The zero-order valence-electron chi connectivity index (χ0n) is 11.3. The second-order valence-electron chi connectivity index (χ2n) is 5.10. The summed E-state index contributed by atoms with van der Waals surface area (Å²) in [5.41, 5.74) is 2.14. The first-order chi connectivity index (χ1) is 10.4. The van der Waals surface area contributed by atoms with E-state index in [-0.39, 0.29) is 29.3 Å². The Balaban J connectivity index is 2.17. The van der Waals surface area contributed by atoms with E-state index in [1.54, 1.807) is 12.1 Å². The summed E-state index contributed by atoms with van der Waals surface area (Å²) in [4.78, 5) is 11.3. The van der Waals surface area contributed by atoms with E-state index in [0.29, 0.717) is 0 Å². The summed E-state index contributed by atoms with van der Waals surface area (Å²) in [5.74, 6) is -1.04. The van der Waals surface area contributed by atoms with Crippen LogP contribution >= 0.6 is 0 Å². The Kier molecular flexibility index (Phi) is 3.52. The summed E-state index contributed by atoms with van der Waals surface area (Å²) in [5, 5.41) is 1.17. The lowest BCUT2D eigenvalue weighted by atomic mass is 9.97. The van der Waals surface area contributed by atoms with Gasteiger partial charge in [-0.1, -0.05) is 30.3 Å². The number of benzene rings is 2. The van der Waals surface area contributed by atoms with Crippen LogP contribution in [0.4, 0.5) is 17.6 Å². The van der Waals surface area contributed by atoms with Crippen molar-refractivity contribution in [3.8, 4) is 0 Å². The zero-order valence-corrected chi connectivity index (χ0v) is 11.3. The number of carbonyl (C=O) groups excluding carboxylic acids is 1. The lowest BCUT2D eigenvalue weighted by Gasteiger charge is -2.30. The second kappa shape index (κ2) is 5.24. The molecule has 1 fully saturated rings. The first-order valence-corrected chi connectivity index (χ1v) is 6.68. The molecule has 3 rings (SSSR count). The van der Waals surface area contributed by atoms with E-state index in [9.17, 15) is 22.4 Å². The molecule has 0 unspecified atom stereocenters. The van der Waals surface area contributed by atoms with Gasteiger partial charge in [-0.3, -0.25) is 10.2 Å². The fourth-order valence-electron chi connectivity index (χ4n) is 2.73. The average Bonchev–Trinajstić information content (AvgIpc) is 2.87. The van der Waals surface area contributed by atoms with Crippen molar-refractivity contribution in [3.63, 3.8) is 0 Å². The van der Waals surface area contributed by atoms with E-state index in [1.807, 2.05) is 0 Å². The standard InChI is InChI=1S/C15H12F4N2O/c16-12-6-5-11(9-3-1-2-4-10(9)12)14(15(17,18)19)21-8-7-13(22)20-21/h1-6,14H,7-8H2,(H,20,22)/t14-/m0/s1. The highest BCUT2D eigenvalue weighted by atomic mass is 19.4. The van der Waals surface area contributed by atoms with Crippen molar-refractivity contribution >= 4 is 16.7 Å². The number of nitrogens with one attached hydrogen (secondary N) is 1. The molecule has 1 saturated heterocycles. The Morgan fingerprint density at radius 3 is 2.36 bits per heavy atom. The van der Waals surface area contributed by atoms with Crippen LogP contribution in [-0.4, -0.2) is 23.6 Å². The Morgan fingerprint density at radius 1 is 1.09 bits per heavy atom. The predicted molar refractivity (Wildman–Crippen MR) is 72.2 cm³/mol. The fraction of sp³-hybridized carbons (Fsp3) is 0.267. The van der Waals surface area contributed by atoms with Gasteiger partial charge >= 0.3 is 6.18 Å². The molecular formula is C15H12F4N2O. The number of fused-ring (bicyclic) bond motifs is 1. The van der Waals surface area contributed by atoms with Gasteiger partial charge in [-0.2, -0.15) is 13.2 Å². The molecule has 1 N–H and O–H groups in total. The third-order valence-electron chi connectivity index (χ3n) is 3.67. The molecule has 1 aliphatic rings. The van der Waals surface area contributed by atoms with Crippen molar-refractivity contribution in [2.75, 3.05) is 6.54 Å². The van der Waals surface area contributed by atoms with Gasteiger partial charge in [-0.05, 0) is 17.0 Å². The van der Waals surface area contributed by atoms with E-state index < -0.39 is 23.9 Å². The smallest absolute Gasteiger partial charge is 0.288 e. The third-order valence-corrected chi connectivity index (χ3v) is 3.67. The van der Waals surface area contributed by atoms with Crippen molar-refractivity contribution in [1.29, 1.82) is 0 Å². The molecule has 0 aromatic heterocycles. The highest BCUT2D eigenvalue weighted by molar-refractivity contribution is 5.87. The fourth-order valence-corrected chi connectivity index (χ4v) is 2.73. The molecule has 0 saturated carbocycles. The predicted octanol–water partition coefficient (Wildman–Crippen LogP) is 3.32. The first kappa shape index (κ1) is 14.8. The monoisotopic (exact) mass is 312 g/mol. The minimum absolute atomic E-state index is 0.00566. The molecule has 0 bridgehead atoms. The third kappa shape index (κ3) is 2.52. The number of halogens is 4. The van der Waals surface area contributed by atoms with Crippen LogP contribution in [0.5, 0.6) is 0 Å². The van der Waals surface area contributed by atoms with Gasteiger partial charge in [0.15, 0.2) is 6.04 Å². The summed E-state index contributed by atoms with van der Waals surface area (Å²) in [7, 11) is 0. The number of amides is 1. The van der Waals surface area contributed by atoms with Crippen LogP contribution in [0.3, 0.4) is 0 Å². The van der Waals surface area contributed by atoms with E-state index in [1.165, 1.54) is 12.1 Å². The van der Waals surface area contributed by atoms with E-state index in [4.69, 9.17) is 0 Å². The highest BCUT2D eigenvalue weighted by Gasteiger charge is 2.47. The Bertz CT molecular complexity index is 729. The van der Waals surface area contributed by atoms with Crippen LogP contribution in [0, 0.1) is 5.82 Å². The summed E-state index contributed by atoms with van der Waals surface area (Å²) in [6.07, 6.45) is -4.59.